The molecule has 130 valence electrons. The summed E-state index contributed by atoms with van der Waals surface area (Å²) >= 11 is 0. The Bertz CT molecular complexity index is 940. The summed E-state index contributed by atoms with van der Waals surface area (Å²) < 4.78 is 6.65. The maximum atomic E-state index is 12.1. The topological polar surface area (TPSA) is 67.5 Å². The van der Waals surface area contributed by atoms with E-state index in [1.54, 1.807) is 6.07 Å². The molecule has 0 spiro atoms. The zero-order chi connectivity index (χ0) is 17.8. The van der Waals surface area contributed by atoms with Crippen LogP contribution in [0.5, 0.6) is 0 Å². The standard InChI is InChI=1S/C19H21N3O3/c1-21(2)15-7-5-6-14(12-15)13-20-18(23)10-11-22-16-8-3-4-9-17(16)25-19(22)24/h3-9,12H,10-11,13H2,1-2H3,(H,20,23). The fourth-order valence-electron chi connectivity index (χ4n) is 2.67. The summed E-state index contributed by atoms with van der Waals surface area (Å²) in [4.78, 5) is 26.0. The van der Waals surface area contributed by atoms with Gasteiger partial charge in [0.05, 0.1) is 5.52 Å². The van der Waals surface area contributed by atoms with Crippen molar-refractivity contribution in [3.05, 3.63) is 64.6 Å². The van der Waals surface area contributed by atoms with Crippen molar-refractivity contribution in [2.75, 3.05) is 19.0 Å². The van der Waals surface area contributed by atoms with Gasteiger partial charge in [-0.25, -0.2) is 4.79 Å². The number of nitrogens with zero attached hydrogens (tertiary/aromatic N) is 2. The molecule has 0 saturated carbocycles. The van der Waals surface area contributed by atoms with E-state index >= 15 is 0 Å². The van der Waals surface area contributed by atoms with E-state index in [-0.39, 0.29) is 12.3 Å². The molecule has 3 rings (SSSR count). The first-order valence-electron chi connectivity index (χ1n) is 8.16. The Morgan fingerprint density at radius 3 is 2.76 bits per heavy atom. The number of anilines is 1. The number of hydrogen-bond donors (Lipinski definition) is 1. The van der Waals surface area contributed by atoms with Crippen molar-refractivity contribution in [1.82, 2.24) is 9.88 Å². The van der Waals surface area contributed by atoms with Crippen LogP contribution in [0.4, 0.5) is 5.69 Å². The summed E-state index contributed by atoms with van der Waals surface area (Å²) in [6.45, 7) is 0.751. The Hall–Kier alpha value is -3.02. The molecule has 1 heterocycles. The quantitative estimate of drug-likeness (QED) is 0.749. The number of oxazole rings is 1. The summed E-state index contributed by atoms with van der Waals surface area (Å²) in [7, 11) is 3.95. The van der Waals surface area contributed by atoms with E-state index in [0.717, 1.165) is 11.3 Å². The Morgan fingerprint density at radius 1 is 1.16 bits per heavy atom. The molecule has 0 aliphatic carbocycles. The van der Waals surface area contributed by atoms with Crippen molar-refractivity contribution in [2.24, 2.45) is 0 Å². The number of benzene rings is 2. The molecule has 1 aromatic heterocycles. The van der Waals surface area contributed by atoms with E-state index < -0.39 is 5.76 Å². The van der Waals surface area contributed by atoms with Gasteiger partial charge in [0.1, 0.15) is 0 Å². The smallest absolute Gasteiger partial charge is 0.408 e. The second-order valence-corrected chi connectivity index (χ2v) is 6.08. The fraction of sp³-hybridized carbons (Fsp3) is 0.263. The minimum absolute atomic E-state index is 0.104. The lowest BCUT2D eigenvalue weighted by Gasteiger charge is -2.14. The number of para-hydroxylation sites is 2. The number of fused-ring (bicyclic) bond motifs is 1. The molecule has 1 amide bonds. The molecule has 0 atom stereocenters. The van der Waals surface area contributed by atoms with E-state index in [0.29, 0.717) is 24.2 Å². The first kappa shape index (κ1) is 16.8. The predicted molar refractivity (Wildman–Crippen MR) is 97.7 cm³/mol. The van der Waals surface area contributed by atoms with Crippen molar-refractivity contribution in [1.29, 1.82) is 0 Å². The molecular weight excluding hydrogens is 318 g/mol. The zero-order valence-electron chi connectivity index (χ0n) is 14.4. The number of rotatable bonds is 6. The maximum Gasteiger partial charge on any atom is 0.419 e. The van der Waals surface area contributed by atoms with Gasteiger partial charge in [-0.3, -0.25) is 9.36 Å². The highest BCUT2D eigenvalue weighted by Gasteiger charge is 2.10. The van der Waals surface area contributed by atoms with Crippen molar-refractivity contribution >= 4 is 22.7 Å². The van der Waals surface area contributed by atoms with Crippen LogP contribution in [0.2, 0.25) is 0 Å². The highest BCUT2D eigenvalue weighted by Crippen LogP contribution is 2.14. The molecular formula is C19H21N3O3. The van der Waals surface area contributed by atoms with Crippen molar-refractivity contribution in [2.45, 2.75) is 19.5 Å². The minimum Gasteiger partial charge on any atom is -0.408 e. The van der Waals surface area contributed by atoms with Gasteiger partial charge in [0.2, 0.25) is 5.91 Å². The van der Waals surface area contributed by atoms with Gasteiger partial charge in [-0.2, -0.15) is 0 Å². The average molecular weight is 339 g/mol. The largest absolute Gasteiger partial charge is 0.419 e. The van der Waals surface area contributed by atoms with Gasteiger partial charge in [0.15, 0.2) is 5.58 Å². The lowest BCUT2D eigenvalue weighted by atomic mass is 10.2. The van der Waals surface area contributed by atoms with E-state index in [1.165, 1.54) is 4.57 Å². The van der Waals surface area contributed by atoms with Crippen LogP contribution in [0.1, 0.15) is 12.0 Å². The van der Waals surface area contributed by atoms with Crippen molar-refractivity contribution < 1.29 is 9.21 Å². The fourth-order valence-corrected chi connectivity index (χ4v) is 2.67. The average Bonchev–Trinajstić information content (AvgIpc) is 2.93. The predicted octanol–water partition coefficient (Wildman–Crippen LogP) is 2.37. The molecule has 0 radical (unpaired) electrons. The molecule has 0 aliphatic rings. The number of aryl methyl sites for hydroxylation is 1. The maximum absolute atomic E-state index is 12.1. The second-order valence-electron chi connectivity index (χ2n) is 6.08. The van der Waals surface area contributed by atoms with Crippen LogP contribution in [-0.4, -0.2) is 24.6 Å². The first-order chi connectivity index (χ1) is 12.0. The van der Waals surface area contributed by atoms with Crippen molar-refractivity contribution in [3.63, 3.8) is 0 Å². The number of aromatic nitrogens is 1. The van der Waals surface area contributed by atoms with E-state index in [1.807, 2.05) is 61.5 Å². The monoisotopic (exact) mass is 339 g/mol. The van der Waals surface area contributed by atoms with Crippen LogP contribution in [0.3, 0.4) is 0 Å². The molecule has 0 unspecified atom stereocenters. The number of amides is 1. The Kier molecular flexibility index (Phi) is 4.88. The third kappa shape index (κ3) is 3.91. The zero-order valence-corrected chi connectivity index (χ0v) is 14.4. The van der Waals surface area contributed by atoms with Gasteiger partial charge in [0.25, 0.3) is 0 Å². The van der Waals surface area contributed by atoms with Gasteiger partial charge in [-0.1, -0.05) is 24.3 Å². The number of carbonyl (C=O) groups is 1. The van der Waals surface area contributed by atoms with Crippen LogP contribution in [-0.2, 0) is 17.9 Å². The molecule has 1 N–H and O–H groups in total. The molecule has 6 heteroatoms. The highest BCUT2D eigenvalue weighted by molar-refractivity contribution is 5.76. The number of hydrogen-bond acceptors (Lipinski definition) is 4. The van der Waals surface area contributed by atoms with Crippen LogP contribution >= 0.6 is 0 Å². The van der Waals surface area contributed by atoms with E-state index in [4.69, 9.17) is 4.42 Å². The Labute approximate surface area is 145 Å². The van der Waals surface area contributed by atoms with Crippen molar-refractivity contribution in [3.8, 4) is 0 Å². The normalized spacial score (nSPS) is 10.8. The molecule has 2 aromatic carbocycles. The number of carbonyl (C=O) groups excluding carboxylic acids is 1. The molecule has 6 nitrogen and oxygen atoms in total. The Morgan fingerprint density at radius 2 is 1.96 bits per heavy atom. The third-order valence-corrected chi connectivity index (χ3v) is 4.05. The van der Waals surface area contributed by atoms with E-state index in [2.05, 4.69) is 5.32 Å². The van der Waals surface area contributed by atoms with Crippen LogP contribution in [0, 0.1) is 0 Å². The summed E-state index contributed by atoms with van der Waals surface area (Å²) in [5, 5.41) is 2.89. The van der Waals surface area contributed by atoms with Gasteiger partial charge >= 0.3 is 5.76 Å². The third-order valence-electron chi connectivity index (χ3n) is 4.05. The molecule has 0 fully saturated rings. The Balaban J connectivity index is 1.59. The molecule has 0 aliphatic heterocycles. The molecule has 0 saturated heterocycles. The van der Waals surface area contributed by atoms with Crippen LogP contribution in [0.25, 0.3) is 11.1 Å². The first-order valence-corrected chi connectivity index (χ1v) is 8.16. The number of nitrogens with one attached hydrogen (secondary N) is 1. The summed E-state index contributed by atoms with van der Waals surface area (Å²) in [6.07, 6.45) is 0.219. The minimum atomic E-state index is -0.437. The van der Waals surface area contributed by atoms with Crippen LogP contribution in [0.15, 0.2) is 57.7 Å². The summed E-state index contributed by atoms with van der Waals surface area (Å²) in [6, 6.07) is 15.2. The van der Waals surface area contributed by atoms with Gasteiger partial charge < -0.3 is 14.6 Å². The summed E-state index contributed by atoms with van der Waals surface area (Å²) in [5.74, 6) is -0.542. The summed E-state index contributed by atoms with van der Waals surface area (Å²) in [5.41, 5.74) is 3.36. The van der Waals surface area contributed by atoms with Crippen LogP contribution < -0.4 is 16.0 Å². The SMILES string of the molecule is CN(C)c1cccc(CNC(=O)CCn2c(=O)oc3ccccc32)c1. The van der Waals surface area contributed by atoms with Gasteiger partial charge in [-0.05, 0) is 29.8 Å². The van der Waals surface area contributed by atoms with Gasteiger partial charge in [-0.15, -0.1) is 0 Å². The van der Waals surface area contributed by atoms with Gasteiger partial charge in [0, 0.05) is 39.3 Å². The highest BCUT2D eigenvalue weighted by atomic mass is 16.4. The molecule has 0 bridgehead atoms. The lowest BCUT2D eigenvalue weighted by Crippen LogP contribution is -2.25. The lowest BCUT2D eigenvalue weighted by molar-refractivity contribution is -0.121. The van der Waals surface area contributed by atoms with E-state index in [9.17, 15) is 9.59 Å². The molecule has 25 heavy (non-hydrogen) atoms. The molecule has 3 aromatic rings. The second kappa shape index (κ2) is 7.25.